The Bertz CT molecular complexity index is 2000. The fourth-order valence-corrected chi connectivity index (χ4v) is 7.01. The molecule has 1 unspecified atom stereocenters. The number of aromatic hydroxyl groups is 2. The summed E-state index contributed by atoms with van der Waals surface area (Å²) in [4.78, 5) is 53.3. The van der Waals surface area contributed by atoms with E-state index in [9.17, 15) is 44.7 Å². The van der Waals surface area contributed by atoms with Gasteiger partial charge in [-0.15, -0.1) is 6.42 Å². The predicted octanol–water partition coefficient (Wildman–Crippen LogP) is 1.98. The lowest BCUT2D eigenvalue weighted by atomic mass is 9.72. The zero-order valence-electron chi connectivity index (χ0n) is 28.7. The van der Waals surface area contributed by atoms with Crippen LogP contribution >= 0.6 is 0 Å². The molecule has 0 bridgehead atoms. The van der Waals surface area contributed by atoms with E-state index >= 15 is 0 Å². The van der Waals surface area contributed by atoms with Gasteiger partial charge in [0.2, 0.25) is 5.78 Å². The molecule has 2 aliphatic carbocycles. The highest BCUT2D eigenvalue weighted by atomic mass is 16.7. The maximum atomic E-state index is 13.9. The van der Waals surface area contributed by atoms with Gasteiger partial charge in [-0.25, -0.2) is 4.79 Å². The van der Waals surface area contributed by atoms with Crippen molar-refractivity contribution in [2.75, 3.05) is 20.3 Å². The summed E-state index contributed by atoms with van der Waals surface area (Å²) in [5.74, 6) is -1.20. The fourth-order valence-electron chi connectivity index (χ4n) is 7.01. The number of amides is 1. The number of aliphatic hydroxyl groups is 3. The average molecular weight is 732 g/mol. The summed E-state index contributed by atoms with van der Waals surface area (Å²) in [5, 5.41) is 58.0. The van der Waals surface area contributed by atoms with Gasteiger partial charge in [0, 0.05) is 36.0 Å². The Morgan fingerprint density at radius 1 is 1.06 bits per heavy atom. The standard InChI is InChI=1S/C38H37NO14/c1-4-12-50-20-10-8-19(9-11-20)17-51-37(47)39-23-13-27(52-18(2)32(23)42)53-25-15-38(48,26(41)16-40)14-22-29(25)36(46)31-30(34(22)44)33(43)21-6-5-7-24(49-3)28(21)35(31)45/h1,5-11,18,23,25,27,32,40,42,44,46,48H,12-17H2,2-3H3,(H,39,47)/t18-,23-,25-,27?,32+,38-/m0/s1. The number of rotatable bonds is 10. The maximum Gasteiger partial charge on any atom is 0.407 e. The van der Waals surface area contributed by atoms with Crippen molar-refractivity contribution in [2.45, 2.75) is 69.0 Å². The minimum Gasteiger partial charge on any atom is -0.507 e. The number of phenolic OH excluding ortho intramolecular Hbond substituents is 2. The smallest absolute Gasteiger partial charge is 0.407 e. The lowest BCUT2D eigenvalue weighted by molar-refractivity contribution is -0.249. The number of alkyl carbamates (subject to hydrolysis) is 1. The Morgan fingerprint density at radius 3 is 2.45 bits per heavy atom. The van der Waals surface area contributed by atoms with Crippen molar-refractivity contribution in [3.05, 3.63) is 81.4 Å². The fraction of sp³-hybridized carbons (Fsp3) is 0.368. The van der Waals surface area contributed by atoms with Gasteiger partial charge in [0.05, 0.1) is 42.0 Å². The molecule has 15 heteroatoms. The van der Waals surface area contributed by atoms with Crippen LogP contribution < -0.4 is 14.8 Å². The van der Waals surface area contributed by atoms with Crippen LogP contribution in [-0.2, 0) is 32.0 Å². The molecular formula is C38H37NO14. The summed E-state index contributed by atoms with van der Waals surface area (Å²) < 4.78 is 28.0. The van der Waals surface area contributed by atoms with E-state index in [0.717, 1.165) is 0 Å². The third kappa shape index (κ3) is 6.90. The number of Topliss-reactive ketones (excluding diaryl/α,β-unsaturated/α-hetero) is 1. The maximum absolute atomic E-state index is 13.9. The number of hydrogen-bond acceptors (Lipinski definition) is 14. The molecule has 6 atom stereocenters. The molecule has 1 amide bonds. The first-order valence-electron chi connectivity index (χ1n) is 16.6. The molecule has 0 aromatic heterocycles. The minimum absolute atomic E-state index is 0.0580. The van der Waals surface area contributed by atoms with Gasteiger partial charge in [-0.2, -0.15) is 0 Å². The topological polar surface area (TPSA) is 228 Å². The van der Waals surface area contributed by atoms with Gasteiger partial charge in [0.1, 0.15) is 54.5 Å². The first kappa shape index (κ1) is 37.3. The Labute approximate surface area is 303 Å². The second-order valence-corrected chi connectivity index (χ2v) is 13.0. The van der Waals surface area contributed by atoms with Crippen LogP contribution in [0, 0.1) is 12.3 Å². The van der Waals surface area contributed by atoms with Gasteiger partial charge >= 0.3 is 6.09 Å². The summed E-state index contributed by atoms with van der Waals surface area (Å²) >= 11 is 0. The molecule has 0 saturated carbocycles. The highest BCUT2D eigenvalue weighted by Gasteiger charge is 2.50. The van der Waals surface area contributed by atoms with Crippen LogP contribution in [0.15, 0.2) is 42.5 Å². The minimum atomic E-state index is -2.35. The largest absolute Gasteiger partial charge is 0.507 e. The third-order valence-corrected chi connectivity index (χ3v) is 9.68. The van der Waals surface area contributed by atoms with Crippen molar-refractivity contribution < 1.29 is 68.4 Å². The van der Waals surface area contributed by atoms with Crippen molar-refractivity contribution in [1.82, 2.24) is 5.32 Å². The van der Waals surface area contributed by atoms with E-state index in [4.69, 9.17) is 30.1 Å². The molecule has 1 heterocycles. The number of benzene rings is 3. The summed E-state index contributed by atoms with van der Waals surface area (Å²) in [6.45, 7) is 0.415. The van der Waals surface area contributed by atoms with E-state index in [1.54, 1.807) is 24.3 Å². The van der Waals surface area contributed by atoms with Crippen LogP contribution in [0.3, 0.4) is 0 Å². The number of ketones is 3. The molecule has 0 radical (unpaired) electrons. The van der Waals surface area contributed by atoms with E-state index in [2.05, 4.69) is 11.2 Å². The van der Waals surface area contributed by atoms with Crippen molar-refractivity contribution in [3.63, 3.8) is 0 Å². The second kappa shape index (κ2) is 14.9. The Kier molecular flexibility index (Phi) is 10.4. The van der Waals surface area contributed by atoms with Gasteiger partial charge in [0.25, 0.3) is 0 Å². The molecule has 0 spiro atoms. The van der Waals surface area contributed by atoms with Crippen LogP contribution in [0.4, 0.5) is 4.79 Å². The molecule has 3 aromatic carbocycles. The van der Waals surface area contributed by atoms with Gasteiger partial charge in [-0.1, -0.05) is 30.2 Å². The molecule has 278 valence electrons. The van der Waals surface area contributed by atoms with Crippen molar-refractivity contribution in [2.24, 2.45) is 0 Å². The monoisotopic (exact) mass is 731 g/mol. The van der Waals surface area contributed by atoms with Gasteiger partial charge in [-0.05, 0) is 30.7 Å². The number of carbonyl (C=O) groups is 4. The molecule has 15 nitrogen and oxygen atoms in total. The number of methoxy groups -OCH3 is 1. The number of carbonyl (C=O) groups excluding carboxylic acids is 4. The molecule has 3 aliphatic rings. The van der Waals surface area contributed by atoms with Gasteiger partial charge in [0.15, 0.2) is 17.9 Å². The lowest BCUT2D eigenvalue weighted by Gasteiger charge is -2.42. The van der Waals surface area contributed by atoms with Crippen LogP contribution in [0.1, 0.15) is 74.4 Å². The quantitative estimate of drug-likeness (QED) is 0.101. The molecule has 53 heavy (non-hydrogen) atoms. The van der Waals surface area contributed by atoms with E-state index in [1.165, 1.54) is 32.2 Å². The van der Waals surface area contributed by atoms with Crippen molar-refractivity contribution >= 4 is 23.4 Å². The molecule has 3 aromatic rings. The first-order chi connectivity index (χ1) is 25.3. The van der Waals surface area contributed by atoms with Crippen LogP contribution in [0.2, 0.25) is 0 Å². The summed E-state index contributed by atoms with van der Waals surface area (Å²) in [6.07, 6.45) is -2.00. The third-order valence-electron chi connectivity index (χ3n) is 9.68. The lowest BCUT2D eigenvalue weighted by Crippen LogP contribution is -2.56. The number of nitrogens with one attached hydrogen (secondary N) is 1. The van der Waals surface area contributed by atoms with E-state index < -0.39 is 102 Å². The molecule has 6 rings (SSSR count). The highest BCUT2D eigenvalue weighted by Crippen LogP contribution is 2.52. The number of ether oxygens (including phenoxy) is 5. The number of phenols is 2. The second-order valence-electron chi connectivity index (χ2n) is 13.0. The summed E-state index contributed by atoms with van der Waals surface area (Å²) in [6, 6.07) is 10.00. The van der Waals surface area contributed by atoms with E-state index in [1.807, 2.05) is 0 Å². The average Bonchev–Trinajstić information content (AvgIpc) is 3.15. The zero-order valence-corrected chi connectivity index (χ0v) is 28.7. The van der Waals surface area contributed by atoms with Crippen molar-refractivity contribution in [3.8, 4) is 35.3 Å². The molecule has 6 N–H and O–H groups in total. The van der Waals surface area contributed by atoms with Crippen LogP contribution in [-0.4, -0.2) is 99.4 Å². The van der Waals surface area contributed by atoms with Gasteiger partial charge in [-0.3, -0.25) is 14.4 Å². The Balaban J connectivity index is 1.27. The number of terminal acetylenes is 1. The molecule has 1 fully saturated rings. The first-order valence-corrected chi connectivity index (χ1v) is 16.6. The number of fused-ring (bicyclic) bond motifs is 3. The molecular weight excluding hydrogens is 694 g/mol. The zero-order chi connectivity index (χ0) is 38.2. The Hall–Kier alpha value is -5.50. The normalized spacial score (nSPS) is 24.6. The Morgan fingerprint density at radius 2 is 1.77 bits per heavy atom. The molecule has 1 saturated heterocycles. The van der Waals surface area contributed by atoms with Crippen LogP contribution in [0.5, 0.6) is 23.0 Å². The highest BCUT2D eigenvalue weighted by molar-refractivity contribution is 6.31. The SMILES string of the molecule is C#CCOc1ccc(COC(=O)N[C@H]2CC(O[C@H]3C[C@](O)(C(=O)CO)Cc4c(O)c5c(c(O)c43)C(=O)c3c(OC)cccc3C5=O)O[C@@H](C)[C@H]2O)cc1. The summed E-state index contributed by atoms with van der Waals surface area (Å²) in [7, 11) is 1.30. The van der Waals surface area contributed by atoms with E-state index in [0.29, 0.717) is 11.3 Å². The number of aliphatic hydroxyl groups excluding tert-OH is 2. The summed E-state index contributed by atoms with van der Waals surface area (Å²) in [5.41, 5.74) is -3.44. The number of hydrogen-bond donors (Lipinski definition) is 6. The molecule has 1 aliphatic heterocycles. The van der Waals surface area contributed by atoms with E-state index in [-0.39, 0.29) is 47.6 Å². The van der Waals surface area contributed by atoms with Crippen LogP contribution in [0.25, 0.3) is 0 Å². The van der Waals surface area contributed by atoms with Gasteiger partial charge < -0.3 is 54.5 Å². The predicted molar refractivity (Wildman–Crippen MR) is 182 cm³/mol. The van der Waals surface area contributed by atoms with Crippen molar-refractivity contribution in [1.29, 1.82) is 0 Å².